The van der Waals surface area contributed by atoms with Crippen LogP contribution in [-0.2, 0) is 13.3 Å². The molecule has 3 N–H and O–H groups in total. The summed E-state index contributed by atoms with van der Waals surface area (Å²) in [7, 11) is -2.72. The third kappa shape index (κ3) is 6.75. The molecule has 0 saturated heterocycles. The summed E-state index contributed by atoms with van der Waals surface area (Å²) in [6, 6.07) is 13.2. The first-order valence-electron chi connectivity index (χ1n) is 11.2. The average molecular weight is 490 g/mol. The molecule has 0 aliphatic carbocycles. The molecule has 33 heavy (non-hydrogen) atoms. The number of phenols is 1. The normalized spacial score (nSPS) is 11.6. The van der Waals surface area contributed by atoms with Gasteiger partial charge in [-0.3, -0.25) is 0 Å². The van der Waals surface area contributed by atoms with Gasteiger partial charge in [0.25, 0.3) is 0 Å². The van der Waals surface area contributed by atoms with E-state index in [1.165, 1.54) is 0 Å². The van der Waals surface area contributed by atoms with Gasteiger partial charge in [-0.25, -0.2) is 9.78 Å². The highest BCUT2D eigenvalue weighted by atomic mass is 32.1. The number of nitrogens with one attached hydrogen (secondary N) is 2. The van der Waals surface area contributed by atoms with Crippen LogP contribution < -0.4 is 10.6 Å². The lowest BCUT2D eigenvalue weighted by Crippen LogP contribution is -2.46. The highest BCUT2D eigenvalue weighted by molar-refractivity contribution is 7.21. The van der Waals surface area contributed by atoms with Gasteiger partial charge in [0.2, 0.25) is 0 Å². The Morgan fingerprint density at radius 1 is 1.06 bits per heavy atom. The second kappa shape index (κ2) is 12.1. The molecule has 0 unspecified atom stereocenters. The van der Waals surface area contributed by atoms with Crippen molar-refractivity contribution in [2.24, 2.45) is 0 Å². The summed E-state index contributed by atoms with van der Waals surface area (Å²) in [6.45, 7) is 7.74. The van der Waals surface area contributed by atoms with E-state index in [1.807, 2.05) is 51.1 Å². The summed E-state index contributed by atoms with van der Waals surface area (Å²) in [4.78, 5) is 16.9. The molecule has 0 atom stereocenters. The predicted octanol–water partition coefficient (Wildman–Crippen LogP) is 5.23. The third-order valence-electron chi connectivity index (χ3n) is 4.82. The molecule has 3 aromatic rings. The molecule has 0 aliphatic heterocycles. The summed E-state index contributed by atoms with van der Waals surface area (Å²) in [5, 5.41) is 16.7. The molecule has 1 heterocycles. The van der Waals surface area contributed by atoms with Gasteiger partial charge < -0.3 is 29.0 Å². The van der Waals surface area contributed by atoms with E-state index in [-0.39, 0.29) is 5.75 Å². The minimum absolute atomic E-state index is 0.0163. The fraction of sp³-hybridized carbons (Fsp3) is 0.391. The smallest absolute Gasteiger partial charge is 0.500 e. The van der Waals surface area contributed by atoms with E-state index < -0.39 is 14.8 Å². The van der Waals surface area contributed by atoms with Gasteiger partial charge in [0, 0.05) is 38.0 Å². The fourth-order valence-corrected chi connectivity index (χ4v) is 7.01. The molecule has 1 aromatic heterocycles. The van der Waals surface area contributed by atoms with Crippen molar-refractivity contribution < 1.29 is 23.2 Å². The van der Waals surface area contributed by atoms with Crippen LogP contribution in [-0.4, -0.2) is 51.3 Å². The van der Waals surface area contributed by atoms with Gasteiger partial charge in [-0.2, -0.15) is 0 Å². The van der Waals surface area contributed by atoms with Crippen molar-refractivity contribution in [1.82, 2.24) is 10.3 Å². The van der Waals surface area contributed by atoms with Gasteiger partial charge in [-0.1, -0.05) is 12.1 Å². The van der Waals surface area contributed by atoms with Gasteiger partial charge in [0.15, 0.2) is 0 Å². The molecule has 0 saturated carbocycles. The Kier molecular flexibility index (Phi) is 9.21. The highest BCUT2D eigenvalue weighted by Gasteiger charge is 2.39. The van der Waals surface area contributed by atoms with Crippen LogP contribution in [0.1, 0.15) is 27.2 Å². The van der Waals surface area contributed by atoms with E-state index in [1.54, 1.807) is 23.5 Å². The Hall–Kier alpha value is -2.50. The van der Waals surface area contributed by atoms with Crippen molar-refractivity contribution in [3.05, 3.63) is 42.5 Å². The number of urea groups is 1. The topological polar surface area (TPSA) is 102 Å². The van der Waals surface area contributed by atoms with Gasteiger partial charge in [-0.05, 0) is 57.5 Å². The number of para-hydroxylation sites is 1. The zero-order valence-corrected chi connectivity index (χ0v) is 21.0. The number of carbonyl (C=O) groups is 1. The second-order valence-corrected chi connectivity index (χ2v) is 10.9. The Bertz CT molecular complexity index is 1010. The Balaban J connectivity index is 1.53. The zero-order valence-electron chi connectivity index (χ0n) is 19.2. The maximum absolute atomic E-state index is 12.3. The Morgan fingerprint density at radius 2 is 1.76 bits per heavy atom. The van der Waals surface area contributed by atoms with Crippen LogP contribution in [0, 0.1) is 0 Å². The highest BCUT2D eigenvalue weighted by Crippen LogP contribution is 2.34. The number of aromatic nitrogens is 1. The summed E-state index contributed by atoms with van der Waals surface area (Å²) >= 11 is 1.56. The van der Waals surface area contributed by atoms with E-state index in [0.717, 1.165) is 20.8 Å². The maximum Gasteiger partial charge on any atom is 0.500 e. The van der Waals surface area contributed by atoms with Gasteiger partial charge >= 0.3 is 14.8 Å². The standard InChI is InChI=1S/C23H31N3O5SSi/c1-4-29-33(30-5-2,31-6-3)15-9-14-24-23(28)26-18-13-12-17(16-20(18)27)22-25-19-10-7-8-11-21(19)32-22/h7-8,10-13,16,27H,4-6,9,14-15H2,1-3H3,(H2,24,26,28). The number of phenolic OH excluding ortho intramolecular Hbond substituents is 1. The number of carbonyl (C=O) groups excluding carboxylic acids is 1. The number of thiazole rings is 1. The Morgan fingerprint density at radius 3 is 2.39 bits per heavy atom. The first kappa shape index (κ1) is 25.1. The van der Waals surface area contributed by atoms with E-state index in [4.69, 9.17) is 13.3 Å². The Labute approximate surface area is 199 Å². The molecule has 3 rings (SSSR count). The number of fused-ring (bicyclic) bond motifs is 1. The van der Waals surface area contributed by atoms with Gasteiger partial charge in [0.05, 0.1) is 15.9 Å². The molecule has 0 aliphatic rings. The van der Waals surface area contributed by atoms with Crippen LogP contribution in [0.2, 0.25) is 6.04 Å². The molecule has 0 bridgehead atoms. The van der Waals surface area contributed by atoms with Gasteiger partial charge in [0.1, 0.15) is 10.8 Å². The monoisotopic (exact) mass is 489 g/mol. The van der Waals surface area contributed by atoms with Crippen molar-refractivity contribution in [3.63, 3.8) is 0 Å². The summed E-state index contributed by atoms with van der Waals surface area (Å²) in [6.07, 6.45) is 0.655. The van der Waals surface area contributed by atoms with Crippen molar-refractivity contribution in [1.29, 1.82) is 0 Å². The van der Waals surface area contributed by atoms with E-state index in [2.05, 4.69) is 15.6 Å². The molecule has 8 nitrogen and oxygen atoms in total. The molecule has 0 radical (unpaired) electrons. The number of aromatic hydroxyl groups is 1. The number of anilines is 1. The molecule has 2 amide bonds. The van der Waals surface area contributed by atoms with Crippen LogP contribution in [0.5, 0.6) is 5.75 Å². The number of benzene rings is 2. The number of amides is 2. The number of nitrogens with zero attached hydrogens (tertiary/aromatic N) is 1. The molecule has 178 valence electrons. The minimum atomic E-state index is -2.72. The van der Waals surface area contributed by atoms with Crippen LogP contribution in [0.25, 0.3) is 20.8 Å². The number of hydrogen-bond donors (Lipinski definition) is 3. The van der Waals surface area contributed by atoms with Crippen molar-refractivity contribution in [2.75, 3.05) is 31.7 Å². The molecule has 0 spiro atoms. The fourth-order valence-electron chi connectivity index (χ4n) is 3.44. The van der Waals surface area contributed by atoms with Crippen molar-refractivity contribution in [3.8, 4) is 16.3 Å². The molecule has 0 fully saturated rings. The lowest BCUT2D eigenvalue weighted by molar-refractivity contribution is 0.0708. The summed E-state index contributed by atoms with van der Waals surface area (Å²) < 4.78 is 18.6. The quantitative estimate of drug-likeness (QED) is 0.183. The van der Waals surface area contributed by atoms with Crippen LogP contribution in [0.15, 0.2) is 42.5 Å². The largest absolute Gasteiger partial charge is 0.506 e. The number of hydrogen-bond acceptors (Lipinski definition) is 7. The van der Waals surface area contributed by atoms with E-state index >= 15 is 0 Å². The molecular weight excluding hydrogens is 458 g/mol. The lowest BCUT2D eigenvalue weighted by Gasteiger charge is -2.28. The van der Waals surface area contributed by atoms with Crippen LogP contribution in [0.3, 0.4) is 0 Å². The zero-order chi connectivity index (χ0) is 23.7. The van der Waals surface area contributed by atoms with Crippen molar-refractivity contribution in [2.45, 2.75) is 33.2 Å². The molecule has 2 aromatic carbocycles. The summed E-state index contributed by atoms with van der Waals surface area (Å²) in [5.41, 5.74) is 2.05. The predicted molar refractivity (Wildman–Crippen MR) is 134 cm³/mol. The second-order valence-electron chi connectivity index (χ2n) is 7.19. The van der Waals surface area contributed by atoms with E-state index in [0.29, 0.717) is 44.5 Å². The number of rotatable bonds is 12. The van der Waals surface area contributed by atoms with Crippen LogP contribution >= 0.6 is 11.3 Å². The van der Waals surface area contributed by atoms with Crippen LogP contribution in [0.4, 0.5) is 10.5 Å². The third-order valence-corrected chi connectivity index (χ3v) is 9.06. The van der Waals surface area contributed by atoms with Gasteiger partial charge in [-0.15, -0.1) is 11.3 Å². The van der Waals surface area contributed by atoms with E-state index in [9.17, 15) is 9.90 Å². The maximum atomic E-state index is 12.3. The molecule has 10 heteroatoms. The molecular formula is C23H31N3O5SSi. The SMILES string of the molecule is CCO[Si](CCCNC(=O)Nc1ccc(-c2nc3ccccc3s2)cc1O)(OCC)OCC. The first-order valence-corrected chi connectivity index (χ1v) is 13.9. The minimum Gasteiger partial charge on any atom is -0.506 e. The van der Waals surface area contributed by atoms with Crippen molar-refractivity contribution >= 4 is 42.1 Å². The lowest BCUT2D eigenvalue weighted by atomic mass is 10.2. The first-order chi connectivity index (χ1) is 16.0. The summed E-state index contributed by atoms with van der Waals surface area (Å²) in [5.74, 6) is -0.0163. The average Bonchev–Trinajstić information content (AvgIpc) is 3.23.